The van der Waals surface area contributed by atoms with Crippen LogP contribution in [-0.4, -0.2) is 39.9 Å². The fourth-order valence-electron chi connectivity index (χ4n) is 3.48. The molecular weight excluding hydrogens is 454 g/mol. The molecule has 1 aliphatic rings. The van der Waals surface area contributed by atoms with Gasteiger partial charge in [-0.25, -0.2) is 8.42 Å². The lowest BCUT2D eigenvalue weighted by atomic mass is 10.1. The van der Waals surface area contributed by atoms with E-state index in [1.54, 1.807) is 30.3 Å². The molecule has 0 saturated heterocycles. The van der Waals surface area contributed by atoms with Crippen LogP contribution in [0.4, 0.5) is 5.69 Å². The van der Waals surface area contributed by atoms with Crippen molar-refractivity contribution in [2.45, 2.75) is 57.3 Å². The first-order valence-electron chi connectivity index (χ1n) is 11.8. The summed E-state index contributed by atoms with van der Waals surface area (Å²) in [6, 6.07) is 12.2. The first-order chi connectivity index (χ1) is 16.4. The van der Waals surface area contributed by atoms with Gasteiger partial charge in [0, 0.05) is 30.3 Å². The molecule has 0 aliphatic carbocycles. The maximum Gasteiger partial charge on any atom is 0.263 e. The van der Waals surface area contributed by atoms with Gasteiger partial charge in [-0.2, -0.15) is 0 Å². The van der Waals surface area contributed by atoms with Crippen LogP contribution in [0.1, 0.15) is 57.9 Å². The van der Waals surface area contributed by atoms with Crippen molar-refractivity contribution in [3.05, 3.63) is 48.0 Å². The van der Waals surface area contributed by atoms with Crippen LogP contribution in [0.25, 0.3) is 0 Å². The highest BCUT2D eigenvalue weighted by Gasteiger charge is 2.29. The lowest BCUT2D eigenvalue weighted by Crippen LogP contribution is -2.22. The molecule has 8 nitrogen and oxygen atoms in total. The van der Waals surface area contributed by atoms with E-state index in [2.05, 4.69) is 15.0 Å². The number of anilines is 1. The van der Waals surface area contributed by atoms with E-state index in [0.717, 1.165) is 32.1 Å². The number of nitrogens with zero attached hydrogens (tertiary/aromatic N) is 1. The molecule has 34 heavy (non-hydrogen) atoms. The van der Waals surface area contributed by atoms with Crippen molar-refractivity contribution >= 4 is 27.5 Å². The third kappa shape index (κ3) is 6.96. The number of rotatable bonds is 13. The number of fused-ring (bicyclic) bond motifs is 1. The number of amides is 1. The summed E-state index contributed by atoms with van der Waals surface area (Å²) in [6.45, 7) is 5.76. The molecule has 2 aromatic rings. The van der Waals surface area contributed by atoms with E-state index in [-0.39, 0.29) is 10.8 Å². The van der Waals surface area contributed by atoms with Crippen LogP contribution in [0.15, 0.2) is 52.4 Å². The molecule has 0 aromatic heterocycles. The Bertz CT molecular complexity index is 1120. The van der Waals surface area contributed by atoms with Crippen molar-refractivity contribution in [1.29, 1.82) is 0 Å². The van der Waals surface area contributed by atoms with E-state index < -0.39 is 10.0 Å². The van der Waals surface area contributed by atoms with E-state index in [4.69, 9.17) is 9.47 Å². The van der Waals surface area contributed by atoms with Gasteiger partial charge in [0.1, 0.15) is 5.84 Å². The minimum absolute atomic E-state index is 0.0625. The van der Waals surface area contributed by atoms with Crippen molar-refractivity contribution in [3.8, 4) is 11.5 Å². The molecule has 0 radical (unpaired) electrons. The van der Waals surface area contributed by atoms with Crippen molar-refractivity contribution in [2.75, 3.05) is 25.1 Å². The van der Waals surface area contributed by atoms with Gasteiger partial charge < -0.3 is 14.8 Å². The normalized spacial score (nSPS) is 14.9. The quantitative estimate of drug-likeness (QED) is 0.405. The third-order valence-electron chi connectivity index (χ3n) is 5.15. The standard InChI is InChI=1S/C25H33N3O5S/c1-3-16-32-21-14-13-19(18-22(21)33-17-4-2)27-24(29)12-6-5-9-15-26-25-20-10-7-8-11-23(20)34(30,31)28-25/h7-8,10-11,13-14,18H,3-6,9,12,15-17H2,1-2H3,(H,26,28)(H,27,29). The molecule has 1 aliphatic heterocycles. The number of benzene rings is 2. The smallest absolute Gasteiger partial charge is 0.263 e. The van der Waals surface area contributed by atoms with Crippen LogP contribution in [0.2, 0.25) is 0 Å². The van der Waals surface area contributed by atoms with E-state index >= 15 is 0 Å². The number of carbonyl (C=O) groups is 1. The molecule has 184 valence electrons. The number of ether oxygens (including phenoxy) is 2. The van der Waals surface area contributed by atoms with Gasteiger partial charge >= 0.3 is 0 Å². The molecule has 1 heterocycles. The Morgan fingerprint density at radius 2 is 1.71 bits per heavy atom. The van der Waals surface area contributed by atoms with Crippen molar-refractivity contribution in [3.63, 3.8) is 0 Å². The summed E-state index contributed by atoms with van der Waals surface area (Å²) in [6.07, 6.45) is 4.47. The maximum absolute atomic E-state index is 12.4. The van der Waals surface area contributed by atoms with Gasteiger partial charge in [0.05, 0.1) is 18.1 Å². The lowest BCUT2D eigenvalue weighted by Gasteiger charge is -2.14. The molecule has 0 bridgehead atoms. The van der Waals surface area contributed by atoms with Gasteiger partial charge in [-0.3, -0.25) is 14.5 Å². The second-order valence-corrected chi connectivity index (χ2v) is 9.70. The fraction of sp³-hybridized carbons (Fsp3) is 0.440. The number of unbranched alkanes of at least 4 members (excludes halogenated alkanes) is 2. The molecule has 0 spiro atoms. The molecule has 0 fully saturated rings. The predicted octanol–water partition coefficient (Wildman–Crippen LogP) is 4.50. The van der Waals surface area contributed by atoms with Gasteiger partial charge in [-0.05, 0) is 49.9 Å². The molecule has 9 heteroatoms. The Kier molecular flexibility index (Phi) is 9.33. The highest BCUT2D eigenvalue weighted by Crippen LogP contribution is 2.31. The van der Waals surface area contributed by atoms with Gasteiger partial charge in [0.25, 0.3) is 10.0 Å². The Morgan fingerprint density at radius 3 is 2.47 bits per heavy atom. The van der Waals surface area contributed by atoms with Crippen molar-refractivity contribution < 1.29 is 22.7 Å². The first kappa shape index (κ1) is 25.6. The van der Waals surface area contributed by atoms with E-state index in [1.165, 1.54) is 0 Å². The highest BCUT2D eigenvalue weighted by molar-refractivity contribution is 7.90. The van der Waals surface area contributed by atoms with E-state index in [9.17, 15) is 13.2 Å². The minimum atomic E-state index is -3.51. The largest absolute Gasteiger partial charge is 0.490 e. The zero-order chi connectivity index (χ0) is 24.4. The molecule has 3 rings (SSSR count). The molecule has 2 N–H and O–H groups in total. The number of hydrogen-bond donors (Lipinski definition) is 2. The Morgan fingerprint density at radius 1 is 0.971 bits per heavy atom. The average Bonchev–Trinajstić information content (AvgIpc) is 3.09. The molecule has 0 saturated carbocycles. The summed E-state index contributed by atoms with van der Waals surface area (Å²) in [4.78, 5) is 17.0. The van der Waals surface area contributed by atoms with Crippen molar-refractivity contribution in [1.82, 2.24) is 4.72 Å². The number of carbonyl (C=O) groups excluding carboxylic acids is 1. The van der Waals surface area contributed by atoms with Gasteiger partial charge in [-0.1, -0.05) is 32.4 Å². The van der Waals surface area contributed by atoms with Gasteiger partial charge in [0.2, 0.25) is 5.91 Å². The van der Waals surface area contributed by atoms with Gasteiger partial charge in [-0.15, -0.1) is 0 Å². The monoisotopic (exact) mass is 487 g/mol. The SMILES string of the molecule is CCCOc1ccc(NC(=O)CCCCCN=C2NS(=O)(=O)c3ccccc32)cc1OCCC. The molecule has 0 unspecified atom stereocenters. The predicted molar refractivity (Wildman–Crippen MR) is 133 cm³/mol. The topological polar surface area (TPSA) is 106 Å². The van der Waals surface area contributed by atoms with Gasteiger partial charge in [0.15, 0.2) is 11.5 Å². The zero-order valence-electron chi connectivity index (χ0n) is 19.8. The summed E-state index contributed by atoms with van der Waals surface area (Å²) in [5, 5.41) is 2.92. The lowest BCUT2D eigenvalue weighted by molar-refractivity contribution is -0.116. The summed E-state index contributed by atoms with van der Waals surface area (Å²) in [5.41, 5.74) is 1.29. The number of hydrogen-bond acceptors (Lipinski definition) is 6. The minimum Gasteiger partial charge on any atom is -0.490 e. The Balaban J connectivity index is 1.43. The summed E-state index contributed by atoms with van der Waals surface area (Å²) < 4.78 is 38.2. The summed E-state index contributed by atoms with van der Waals surface area (Å²) in [7, 11) is -3.51. The summed E-state index contributed by atoms with van der Waals surface area (Å²) in [5.74, 6) is 1.65. The summed E-state index contributed by atoms with van der Waals surface area (Å²) >= 11 is 0. The molecule has 0 atom stereocenters. The average molecular weight is 488 g/mol. The second kappa shape index (κ2) is 12.4. The molecular formula is C25H33N3O5S. The van der Waals surface area contributed by atoms with Crippen LogP contribution < -0.4 is 19.5 Å². The van der Waals surface area contributed by atoms with E-state index in [1.807, 2.05) is 26.0 Å². The zero-order valence-corrected chi connectivity index (χ0v) is 20.6. The molecule has 2 aromatic carbocycles. The number of nitrogens with one attached hydrogen (secondary N) is 2. The van der Waals surface area contributed by atoms with E-state index in [0.29, 0.717) is 54.8 Å². The van der Waals surface area contributed by atoms with Crippen LogP contribution in [-0.2, 0) is 14.8 Å². The highest BCUT2D eigenvalue weighted by atomic mass is 32.2. The molecule has 1 amide bonds. The van der Waals surface area contributed by atoms with Crippen LogP contribution in [0.3, 0.4) is 0 Å². The Labute approximate surface area is 201 Å². The van der Waals surface area contributed by atoms with Crippen LogP contribution in [0.5, 0.6) is 11.5 Å². The van der Waals surface area contributed by atoms with Crippen LogP contribution in [0, 0.1) is 0 Å². The third-order valence-corrected chi connectivity index (χ3v) is 6.54. The number of sulfonamides is 1. The Hall–Kier alpha value is -3.07. The number of amidine groups is 1. The number of aliphatic imine (C=N–C) groups is 1. The van der Waals surface area contributed by atoms with Crippen molar-refractivity contribution in [2.24, 2.45) is 4.99 Å². The first-order valence-corrected chi connectivity index (χ1v) is 13.3. The second-order valence-electron chi connectivity index (χ2n) is 8.05. The van der Waals surface area contributed by atoms with Crippen LogP contribution >= 0.6 is 0 Å². The fourth-order valence-corrected chi connectivity index (χ4v) is 4.73. The maximum atomic E-state index is 12.4.